The molecule has 0 aliphatic carbocycles. The number of Topliss-reactive ketones (excluding diaryl/α,β-unsaturated/α-hetero) is 1. The smallest absolute Gasteiger partial charge is 0.230 e. The molecular weight excluding hydrogens is 338 g/mol. The van der Waals surface area contributed by atoms with E-state index in [2.05, 4.69) is 29.4 Å². The van der Waals surface area contributed by atoms with Crippen molar-refractivity contribution < 1.29 is 14.3 Å². The minimum atomic E-state index is -0.216. The summed E-state index contributed by atoms with van der Waals surface area (Å²) in [6.45, 7) is 5.72. The van der Waals surface area contributed by atoms with Crippen LogP contribution in [0.1, 0.15) is 60.5 Å². The zero-order valence-corrected chi connectivity index (χ0v) is 15.8. The lowest BCUT2D eigenvalue weighted by atomic mass is 10.0. The molecule has 0 aliphatic heterocycles. The molecule has 0 bridgehead atoms. The Morgan fingerprint density at radius 1 is 1.24 bits per heavy atom. The summed E-state index contributed by atoms with van der Waals surface area (Å²) in [6.07, 6.45) is 2.09. The van der Waals surface area contributed by atoms with Crippen LogP contribution in [0.3, 0.4) is 0 Å². The van der Waals surface area contributed by atoms with Crippen LogP contribution in [0.4, 0.5) is 5.13 Å². The number of nitrogens with zero attached hydrogens (tertiary/aromatic N) is 2. The molecule has 0 saturated heterocycles. The number of aromatic nitrogens is 2. The van der Waals surface area contributed by atoms with Gasteiger partial charge in [-0.15, -0.1) is 10.2 Å². The molecule has 1 amide bonds. The van der Waals surface area contributed by atoms with Gasteiger partial charge in [-0.25, -0.2) is 0 Å². The largest absolute Gasteiger partial charge is 0.496 e. The molecule has 0 spiro atoms. The van der Waals surface area contributed by atoms with Crippen LogP contribution in [0.25, 0.3) is 0 Å². The van der Waals surface area contributed by atoms with Crippen molar-refractivity contribution in [3.05, 3.63) is 34.3 Å². The number of ether oxygens (including phenoxy) is 1. The summed E-state index contributed by atoms with van der Waals surface area (Å²) in [5, 5.41) is 12.4. The minimum absolute atomic E-state index is 0.0525. The molecule has 134 valence electrons. The Balaban J connectivity index is 2.10. The number of carbonyl (C=O) groups excluding carboxylic acids is 2. The predicted octanol–water partition coefficient (Wildman–Crippen LogP) is 3.83. The van der Waals surface area contributed by atoms with Crippen molar-refractivity contribution in [2.75, 3.05) is 12.4 Å². The zero-order chi connectivity index (χ0) is 18.4. The topological polar surface area (TPSA) is 81.2 Å². The number of nitrogens with one attached hydrogen (secondary N) is 1. The van der Waals surface area contributed by atoms with E-state index in [1.54, 1.807) is 18.2 Å². The molecule has 1 aromatic heterocycles. The average Bonchev–Trinajstić information content (AvgIpc) is 3.03. The molecule has 0 atom stereocenters. The van der Waals surface area contributed by atoms with E-state index in [4.69, 9.17) is 4.74 Å². The Kier molecular flexibility index (Phi) is 6.64. The monoisotopic (exact) mass is 361 g/mol. The van der Waals surface area contributed by atoms with Crippen LogP contribution in [-0.2, 0) is 11.2 Å². The van der Waals surface area contributed by atoms with Crippen LogP contribution < -0.4 is 10.1 Å². The molecule has 0 radical (unpaired) electrons. The molecular formula is C18H23N3O3S. The van der Waals surface area contributed by atoms with E-state index in [-0.39, 0.29) is 18.1 Å². The number of ketones is 1. The fourth-order valence-corrected chi connectivity index (χ4v) is 3.59. The third kappa shape index (κ3) is 4.85. The van der Waals surface area contributed by atoms with Crippen molar-refractivity contribution >= 4 is 28.2 Å². The molecule has 1 N–H and O–H groups in total. The SMILES string of the molecule is CCC(CC)c1nnc(NC(=O)Cc2cc(C(C)=O)ccc2OC)s1. The number of rotatable bonds is 8. The first kappa shape index (κ1) is 19.1. The molecule has 0 fully saturated rings. The van der Waals surface area contributed by atoms with E-state index >= 15 is 0 Å². The second-order valence-corrected chi connectivity index (χ2v) is 6.78. The maximum atomic E-state index is 12.3. The first-order valence-electron chi connectivity index (χ1n) is 8.29. The third-order valence-corrected chi connectivity index (χ3v) is 5.06. The molecule has 0 aliphatic rings. The van der Waals surface area contributed by atoms with Crippen molar-refractivity contribution in [2.45, 2.75) is 46.0 Å². The number of methoxy groups -OCH3 is 1. The Labute approximate surface area is 151 Å². The van der Waals surface area contributed by atoms with Crippen LogP contribution >= 0.6 is 11.3 Å². The zero-order valence-electron chi connectivity index (χ0n) is 15.0. The number of carbonyl (C=O) groups is 2. The lowest BCUT2D eigenvalue weighted by Gasteiger charge is -2.09. The van der Waals surface area contributed by atoms with Gasteiger partial charge < -0.3 is 10.1 Å². The van der Waals surface area contributed by atoms with Crippen LogP contribution in [0.15, 0.2) is 18.2 Å². The van der Waals surface area contributed by atoms with Crippen molar-refractivity contribution in [2.24, 2.45) is 0 Å². The van der Waals surface area contributed by atoms with E-state index in [0.29, 0.717) is 27.9 Å². The molecule has 2 aromatic rings. The van der Waals surface area contributed by atoms with Crippen LogP contribution in [0, 0.1) is 0 Å². The van der Waals surface area contributed by atoms with Gasteiger partial charge in [-0.05, 0) is 38.0 Å². The van der Waals surface area contributed by atoms with Gasteiger partial charge in [0.25, 0.3) is 0 Å². The summed E-state index contributed by atoms with van der Waals surface area (Å²) in [5.74, 6) is 0.681. The quantitative estimate of drug-likeness (QED) is 0.723. The fraction of sp³-hybridized carbons (Fsp3) is 0.444. The van der Waals surface area contributed by atoms with Crippen molar-refractivity contribution in [3.8, 4) is 5.75 Å². The number of hydrogen-bond acceptors (Lipinski definition) is 6. The van der Waals surface area contributed by atoms with Crippen LogP contribution in [0.5, 0.6) is 5.75 Å². The van der Waals surface area contributed by atoms with E-state index in [1.807, 2.05) is 0 Å². The predicted molar refractivity (Wildman–Crippen MR) is 98.6 cm³/mol. The first-order valence-corrected chi connectivity index (χ1v) is 9.11. The number of benzene rings is 1. The van der Waals surface area contributed by atoms with Gasteiger partial charge in [0.05, 0.1) is 13.5 Å². The van der Waals surface area contributed by atoms with E-state index in [9.17, 15) is 9.59 Å². The Morgan fingerprint density at radius 3 is 2.56 bits per heavy atom. The highest BCUT2D eigenvalue weighted by molar-refractivity contribution is 7.15. The van der Waals surface area contributed by atoms with E-state index in [1.165, 1.54) is 25.4 Å². The normalized spacial score (nSPS) is 10.8. The molecule has 6 nitrogen and oxygen atoms in total. The molecule has 7 heteroatoms. The van der Waals surface area contributed by atoms with Gasteiger partial charge in [-0.1, -0.05) is 25.2 Å². The maximum Gasteiger partial charge on any atom is 0.230 e. The van der Waals surface area contributed by atoms with Gasteiger partial charge in [0.2, 0.25) is 11.0 Å². The minimum Gasteiger partial charge on any atom is -0.496 e. The Morgan fingerprint density at radius 2 is 1.96 bits per heavy atom. The van der Waals surface area contributed by atoms with Crippen molar-refractivity contribution in [1.82, 2.24) is 10.2 Å². The first-order chi connectivity index (χ1) is 12.0. The summed E-state index contributed by atoms with van der Waals surface area (Å²) in [5.41, 5.74) is 1.22. The second-order valence-electron chi connectivity index (χ2n) is 5.77. The molecule has 1 aromatic carbocycles. The molecule has 2 rings (SSSR count). The van der Waals surface area contributed by atoms with E-state index in [0.717, 1.165) is 17.8 Å². The van der Waals surface area contributed by atoms with Gasteiger partial charge in [0, 0.05) is 17.0 Å². The summed E-state index contributed by atoms with van der Waals surface area (Å²) in [4.78, 5) is 23.9. The number of anilines is 1. The fourth-order valence-electron chi connectivity index (χ4n) is 2.56. The van der Waals surface area contributed by atoms with Crippen molar-refractivity contribution in [3.63, 3.8) is 0 Å². The second kappa shape index (κ2) is 8.71. The number of hydrogen-bond donors (Lipinski definition) is 1. The highest BCUT2D eigenvalue weighted by atomic mass is 32.1. The van der Waals surface area contributed by atoms with Gasteiger partial charge in [0.1, 0.15) is 10.8 Å². The molecule has 1 heterocycles. The average molecular weight is 361 g/mol. The summed E-state index contributed by atoms with van der Waals surface area (Å²) >= 11 is 1.41. The lowest BCUT2D eigenvalue weighted by Crippen LogP contribution is -2.15. The molecule has 0 unspecified atom stereocenters. The molecule has 25 heavy (non-hydrogen) atoms. The summed E-state index contributed by atoms with van der Waals surface area (Å²) < 4.78 is 5.28. The standard InChI is InChI=1S/C18H23N3O3S/c1-5-12(6-2)17-20-21-18(25-17)19-16(23)10-14-9-13(11(3)22)7-8-15(14)24-4/h7-9,12H,5-6,10H2,1-4H3,(H,19,21,23). The highest BCUT2D eigenvalue weighted by Crippen LogP contribution is 2.28. The summed E-state index contributed by atoms with van der Waals surface area (Å²) in [6, 6.07) is 5.08. The van der Waals surface area contributed by atoms with Crippen molar-refractivity contribution in [1.29, 1.82) is 0 Å². The van der Waals surface area contributed by atoms with Gasteiger partial charge in [0.15, 0.2) is 5.78 Å². The third-order valence-electron chi connectivity index (χ3n) is 4.06. The van der Waals surface area contributed by atoms with Crippen LogP contribution in [-0.4, -0.2) is 29.0 Å². The Hall–Kier alpha value is -2.28. The van der Waals surface area contributed by atoms with E-state index < -0.39 is 0 Å². The maximum absolute atomic E-state index is 12.3. The Bertz CT molecular complexity index is 754. The van der Waals surface area contributed by atoms with Gasteiger partial charge >= 0.3 is 0 Å². The summed E-state index contributed by atoms with van der Waals surface area (Å²) in [7, 11) is 1.54. The number of amides is 1. The highest BCUT2D eigenvalue weighted by Gasteiger charge is 2.16. The van der Waals surface area contributed by atoms with Gasteiger partial charge in [-0.3, -0.25) is 9.59 Å². The van der Waals surface area contributed by atoms with Gasteiger partial charge in [-0.2, -0.15) is 0 Å². The molecule has 0 saturated carbocycles. The lowest BCUT2D eigenvalue weighted by molar-refractivity contribution is -0.115. The van der Waals surface area contributed by atoms with Crippen LogP contribution in [0.2, 0.25) is 0 Å².